The third kappa shape index (κ3) is 6.18. The number of anilines is 1. The first-order valence-electron chi connectivity index (χ1n) is 11.1. The summed E-state index contributed by atoms with van der Waals surface area (Å²) in [5.41, 5.74) is 1.22. The van der Waals surface area contributed by atoms with E-state index in [4.69, 9.17) is 4.74 Å². The minimum absolute atomic E-state index is 0.0164. The molecule has 2 aromatic rings. The van der Waals surface area contributed by atoms with Gasteiger partial charge in [0.15, 0.2) is 5.82 Å². The summed E-state index contributed by atoms with van der Waals surface area (Å²) in [5, 5.41) is 4.03. The Labute approximate surface area is 188 Å². The second-order valence-corrected chi connectivity index (χ2v) is 9.20. The molecule has 8 heteroatoms. The van der Waals surface area contributed by atoms with E-state index in [-0.39, 0.29) is 11.8 Å². The number of rotatable bonds is 7. The van der Waals surface area contributed by atoms with Gasteiger partial charge in [0.1, 0.15) is 5.03 Å². The van der Waals surface area contributed by atoms with E-state index in [1.807, 2.05) is 0 Å². The van der Waals surface area contributed by atoms with Crippen LogP contribution in [0.2, 0.25) is 0 Å². The van der Waals surface area contributed by atoms with Crippen LogP contribution in [0.25, 0.3) is 0 Å². The zero-order valence-corrected chi connectivity index (χ0v) is 18.9. The minimum atomic E-state index is -0.0164. The van der Waals surface area contributed by atoms with E-state index in [2.05, 4.69) is 56.3 Å². The number of ether oxygens (including phenoxy) is 1. The summed E-state index contributed by atoms with van der Waals surface area (Å²) < 4.78 is 5.38. The number of nitrogens with zero attached hydrogens (tertiary/aromatic N) is 4. The molecule has 3 heterocycles. The highest BCUT2D eigenvalue weighted by Crippen LogP contribution is 2.34. The zero-order chi connectivity index (χ0) is 21.5. The molecular weight excluding hydrogens is 410 g/mol. The van der Waals surface area contributed by atoms with Crippen molar-refractivity contribution in [3.8, 4) is 0 Å². The van der Waals surface area contributed by atoms with Crippen molar-refractivity contribution in [2.45, 2.75) is 29.7 Å². The quantitative estimate of drug-likeness (QED) is 0.708. The second-order valence-electron chi connectivity index (χ2n) is 8.13. The van der Waals surface area contributed by atoms with Crippen molar-refractivity contribution >= 4 is 23.5 Å². The summed E-state index contributed by atoms with van der Waals surface area (Å²) in [6.45, 7) is 8.71. The van der Waals surface area contributed by atoms with Crippen molar-refractivity contribution in [3.05, 3.63) is 42.2 Å². The van der Waals surface area contributed by atoms with E-state index in [0.717, 1.165) is 68.0 Å². The first-order chi connectivity index (χ1) is 15.2. The minimum Gasteiger partial charge on any atom is -0.379 e. The van der Waals surface area contributed by atoms with E-state index in [9.17, 15) is 4.79 Å². The Morgan fingerprint density at radius 3 is 2.90 bits per heavy atom. The number of aromatic nitrogens is 2. The number of hydrogen-bond acceptors (Lipinski definition) is 7. The van der Waals surface area contributed by atoms with Crippen LogP contribution in [-0.4, -0.2) is 73.3 Å². The molecule has 1 atom stereocenters. The predicted octanol–water partition coefficient (Wildman–Crippen LogP) is 2.60. The number of morpholine rings is 1. The number of benzene rings is 1. The van der Waals surface area contributed by atoms with Gasteiger partial charge in [0, 0.05) is 56.6 Å². The number of hydrogen-bond donors (Lipinski definition) is 1. The molecule has 1 unspecified atom stereocenters. The Hall–Kier alpha value is -2.16. The van der Waals surface area contributed by atoms with Gasteiger partial charge in [0.25, 0.3) is 0 Å². The molecule has 166 valence electrons. The largest absolute Gasteiger partial charge is 0.379 e. The van der Waals surface area contributed by atoms with E-state index >= 15 is 0 Å². The first-order valence-corrected chi connectivity index (χ1v) is 11.9. The third-order valence-electron chi connectivity index (χ3n) is 5.77. The molecule has 2 aliphatic rings. The van der Waals surface area contributed by atoms with Gasteiger partial charge in [-0.2, -0.15) is 0 Å². The summed E-state index contributed by atoms with van der Waals surface area (Å²) in [6.07, 6.45) is 5.37. The summed E-state index contributed by atoms with van der Waals surface area (Å²) in [4.78, 5) is 27.7. The van der Waals surface area contributed by atoms with Crippen molar-refractivity contribution in [2.75, 3.05) is 57.4 Å². The Balaban J connectivity index is 1.35. The number of amides is 1. The molecule has 4 rings (SSSR count). The number of carbonyl (C=O) groups is 1. The highest BCUT2D eigenvalue weighted by molar-refractivity contribution is 7.99. The normalized spacial score (nSPS) is 19.9. The molecule has 2 fully saturated rings. The van der Waals surface area contributed by atoms with Crippen molar-refractivity contribution in [2.24, 2.45) is 5.92 Å². The maximum Gasteiger partial charge on any atom is 0.224 e. The van der Waals surface area contributed by atoms with Gasteiger partial charge in [-0.1, -0.05) is 29.5 Å². The van der Waals surface area contributed by atoms with Crippen LogP contribution < -0.4 is 10.2 Å². The lowest BCUT2D eigenvalue weighted by Gasteiger charge is -2.33. The number of carbonyl (C=O) groups excluding carboxylic acids is 1. The fraction of sp³-hybridized carbons (Fsp3) is 0.522. The molecule has 0 saturated carbocycles. The average Bonchev–Trinajstić information content (AvgIpc) is 2.80. The zero-order valence-electron chi connectivity index (χ0n) is 18.1. The predicted molar refractivity (Wildman–Crippen MR) is 123 cm³/mol. The van der Waals surface area contributed by atoms with Crippen LogP contribution in [-0.2, 0) is 9.53 Å². The van der Waals surface area contributed by atoms with Gasteiger partial charge >= 0.3 is 0 Å². The summed E-state index contributed by atoms with van der Waals surface area (Å²) in [7, 11) is 0. The van der Waals surface area contributed by atoms with Gasteiger partial charge in [0.2, 0.25) is 5.91 Å². The molecule has 0 aliphatic carbocycles. The van der Waals surface area contributed by atoms with Crippen LogP contribution >= 0.6 is 11.8 Å². The lowest BCUT2D eigenvalue weighted by atomic mass is 9.97. The fourth-order valence-corrected chi connectivity index (χ4v) is 5.09. The molecule has 0 radical (unpaired) electrons. The number of aryl methyl sites for hydroxylation is 1. The van der Waals surface area contributed by atoms with Gasteiger partial charge < -0.3 is 15.0 Å². The highest BCUT2D eigenvalue weighted by atomic mass is 32.2. The van der Waals surface area contributed by atoms with E-state index in [0.29, 0.717) is 13.1 Å². The van der Waals surface area contributed by atoms with Crippen molar-refractivity contribution in [3.63, 3.8) is 0 Å². The van der Waals surface area contributed by atoms with Crippen LogP contribution in [0.15, 0.2) is 46.6 Å². The molecule has 7 nitrogen and oxygen atoms in total. The van der Waals surface area contributed by atoms with Crippen molar-refractivity contribution in [1.82, 2.24) is 20.2 Å². The van der Waals surface area contributed by atoms with Crippen LogP contribution in [0.4, 0.5) is 5.82 Å². The first kappa shape index (κ1) is 22.0. The van der Waals surface area contributed by atoms with Gasteiger partial charge in [0.05, 0.1) is 19.1 Å². The topological polar surface area (TPSA) is 70.6 Å². The third-order valence-corrected chi connectivity index (χ3v) is 6.74. The average molecular weight is 442 g/mol. The summed E-state index contributed by atoms with van der Waals surface area (Å²) in [5.74, 6) is 1.01. The SMILES string of the molecule is Cc1cccc(Sc2nccnc2N2CCCC(C(=O)NCCN3CCOCC3)C2)c1. The van der Waals surface area contributed by atoms with Gasteiger partial charge in [-0.3, -0.25) is 9.69 Å². The molecule has 1 aromatic heterocycles. The van der Waals surface area contributed by atoms with Crippen LogP contribution in [0.5, 0.6) is 0 Å². The standard InChI is InChI=1S/C23H31N5O2S/c1-18-4-2-6-20(16-18)31-23-21(24-7-8-26-23)28-10-3-5-19(17-28)22(29)25-9-11-27-12-14-30-15-13-27/h2,4,6-8,16,19H,3,5,9-15,17H2,1H3,(H,25,29). The molecule has 1 amide bonds. The molecular formula is C23H31N5O2S. The number of nitrogens with one attached hydrogen (secondary N) is 1. The monoisotopic (exact) mass is 441 g/mol. The van der Waals surface area contributed by atoms with Crippen LogP contribution in [0, 0.1) is 12.8 Å². The molecule has 1 aromatic carbocycles. The summed E-state index contributed by atoms with van der Waals surface area (Å²) in [6, 6.07) is 8.40. The molecule has 2 aliphatic heterocycles. The Morgan fingerprint density at radius 1 is 1.23 bits per heavy atom. The Morgan fingerprint density at radius 2 is 2.06 bits per heavy atom. The maximum absolute atomic E-state index is 12.8. The fourth-order valence-electron chi connectivity index (χ4n) is 4.09. The Bertz CT molecular complexity index is 875. The molecule has 2 saturated heterocycles. The van der Waals surface area contributed by atoms with Crippen LogP contribution in [0.3, 0.4) is 0 Å². The van der Waals surface area contributed by atoms with E-state index < -0.39 is 0 Å². The second kappa shape index (κ2) is 10.9. The number of piperidine rings is 1. The summed E-state index contributed by atoms with van der Waals surface area (Å²) >= 11 is 1.63. The lowest BCUT2D eigenvalue weighted by molar-refractivity contribution is -0.125. The Kier molecular flexibility index (Phi) is 7.77. The highest BCUT2D eigenvalue weighted by Gasteiger charge is 2.28. The van der Waals surface area contributed by atoms with Gasteiger partial charge in [-0.25, -0.2) is 9.97 Å². The smallest absolute Gasteiger partial charge is 0.224 e. The molecule has 1 N–H and O–H groups in total. The van der Waals surface area contributed by atoms with Crippen LogP contribution in [0.1, 0.15) is 18.4 Å². The van der Waals surface area contributed by atoms with Gasteiger partial charge in [-0.05, 0) is 31.9 Å². The molecule has 0 bridgehead atoms. The lowest BCUT2D eigenvalue weighted by Crippen LogP contribution is -2.46. The maximum atomic E-state index is 12.8. The van der Waals surface area contributed by atoms with Crippen molar-refractivity contribution in [1.29, 1.82) is 0 Å². The van der Waals surface area contributed by atoms with Crippen molar-refractivity contribution < 1.29 is 9.53 Å². The molecule has 0 spiro atoms. The van der Waals surface area contributed by atoms with Gasteiger partial charge in [-0.15, -0.1) is 0 Å². The van der Waals surface area contributed by atoms with E-state index in [1.165, 1.54) is 5.56 Å². The molecule has 31 heavy (non-hydrogen) atoms. The van der Waals surface area contributed by atoms with E-state index in [1.54, 1.807) is 24.2 Å².